The van der Waals surface area contributed by atoms with Gasteiger partial charge in [0.25, 0.3) is 0 Å². The quantitative estimate of drug-likeness (QED) is 0.413. The Morgan fingerprint density at radius 1 is 2.00 bits per heavy atom. The van der Waals surface area contributed by atoms with Gasteiger partial charge >= 0.3 is 5.97 Å². The van der Waals surface area contributed by atoms with Gasteiger partial charge in [0.2, 0.25) is 0 Å². The number of aliphatic hydroxyl groups is 1. The van der Waals surface area contributed by atoms with E-state index >= 15 is 0 Å². The Bertz CT molecular complexity index is 136. The van der Waals surface area contributed by atoms with Crippen LogP contribution in [0.3, 0.4) is 0 Å². The molecule has 0 aromatic rings. The SMILES string of the molecule is CC(O)OC(=O)CC#N. The average molecular weight is 129 g/mol. The minimum absolute atomic E-state index is 0.315. The van der Waals surface area contributed by atoms with Crippen molar-refractivity contribution in [2.75, 3.05) is 0 Å². The lowest BCUT2D eigenvalue weighted by Gasteiger charge is -2.02. The van der Waals surface area contributed by atoms with Crippen molar-refractivity contribution < 1.29 is 14.6 Å². The van der Waals surface area contributed by atoms with Crippen LogP contribution in [0.15, 0.2) is 0 Å². The number of hydrogen-bond acceptors (Lipinski definition) is 4. The van der Waals surface area contributed by atoms with Crippen LogP contribution in [-0.4, -0.2) is 17.4 Å². The lowest BCUT2D eigenvalue weighted by Crippen LogP contribution is -2.12. The van der Waals surface area contributed by atoms with Gasteiger partial charge in [-0.3, -0.25) is 4.79 Å². The second-order valence-electron chi connectivity index (χ2n) is 1.42. The Kier molecular flexibility index (Phi) is 3.40. The third kappa shape index (κ3) is 4.78. The number of nitriles is 1. The Morgan fingerprint density at radius 3 is 2.89 bits per heavy atom. The first-order valence-corrected chi connectivity index (χ1v) is 2.41. The zero-order valence-corrected chi connectivity index (χ0v) is 5.00. The molecule has 50 valence electrons. The van der Waals surface area contributed by atoms with Crippen molar-refractivity contribution in [3.05, 3.63) is 0 Å². The molecule has 4 nitrogen and oxygen atoms in total. The van der Waals surface area contributed by atoms with E-state index in [1.165, 1.54) is 6.92 Å². The minimum atomic E-state index is -1.12. The maximum absolute atomic E-state index is 10.2. The minimum Gasteiger partial charge on any atom is -0.436 e. The molecule has 1 N–H and O–H groups in total. The normalized spacial score (nSPS) is 11.7. The zero-order chi connectivity index (χ0) is 7.28. The molecule has 0 aliphatic rings. The van der Waals surface area contributed by atoms with Gasteiger partial charge in [-0.1, -0.05) is 0 Å². The molecule has 4 heteroatoms. The Morgan fingerprint density at radius 2 is 2.56 bits per heavy atom. The zero-order valence-electron chi connectivity index (χ0n) is 5.00. The maximum atomic E-state index is 10.2. The summed E-state index contributed by atoms with van der Waals surface area (Å²) in [6.45, 7) is 1.30. The highest BCUT2D eigenvalue weighted by Gasteiger charge is 2.03. The highest BCUT2D eigenvalue weighted by Crippen LogP contribution is 1.88. The van der Waals surface area contributed by atoms with Crippen LogP contribution in [-0.2, 0) is 9.53 Å². The van der Waals surface area contributed by atoms with E-state index < -0.39 is 12.3 Å². The van der Waals surface area contributed by atoms with Crippen LogP contribution in [0.5, 0.6) is 0 Å². The van der Waals surface area contributed by atoms with Crippen molar-refractivity contribution in [3.63, 3.8) is 0 Å². The van der Waals surface area contributed by atoms with Gasteiger partial charge in [0, 0.05) is 0 Å². The van der Waals surface area contributed by atoms with Crippen molar-refractivity contribution >= 4 is 5.97 Å². The fourth-order valence-electron chi connectivity index (χ4n) is 0.296. The molecule has 1 atom stereocenters. The van der Waals surface area contributed by atoms with E-state index in [0.29, 0.717) is 0 Å². The van der Waals surface area contributed by atoms with E-state index in [2.05, 4.69) is 4.74 Å². The van der Waals surface area contributed by atoms with Gasteiger partial charge in [-0.05, 0) is 6.92 Å². The summed E-state index contributed by atoms with van der Waals surface area (Å²) in [4.78, 5) is 10.2. The number of carbonyl (C=O) groups excluding carboxylic acids is 1. The van der Waals surface area contributed by atoms with Gasteiger partial charge < -0.3 is 9.84 Å². The van der Waals surface area contributed by atoms with E-state index in [1.54, 1.807) is 6.07 Å². The summed E-state index contributed by atoms with van der Waals surface area (Å²) in [5.41, 5.74) is 0. The fraction of sp³-hybridized carbons (Fsp3) is 0.600. The molecule has 0 fully saturated rings. The van der Waals surface area contributed by atoms with Crippen LogP contribution in [0.1, 0.15) is 13.3 Å². The van der Waals surface area contributed by atoms with E-state index in [-0.39, 0.29) is 6.42 Å². The molecule has 0 saturated carbocycles. The van der Waals surface area contributed by atoms with Crippen LogP contribution < -0.4 is 0 Å². The van der Waals surface area contributed by atoms with Crippen molar-refractivity contribution in [2.45, 2.75) is 19.6 Å². The first-order chi connectivity index (χ1) is 4.16. The van der Waals surface area contributed by atoms with E-state index in [9.17, 15) is 4.79 Å². The summed E-state index contributed by atoms with van der Waals surface area (Å²) >= 11 is 0. The summed E-state index contributed by atoms with van der Waals surface area (Å²) in [7, 11) is 0. The van der Waals surface area contributed by atoms with Gasteiger partial charge in [-0.15, -0.1) is 0 Å². The lowest BCUT2D eigenvalue weighted by molar-refractivity contribution is -0.163. The molecule has 0 bridgehead atoms. The van der Waals surface area contributed by atoms with Crippen LogP contribution in [0.2, 0.25) is 0 Å². The number of rotatable bonds is 2. The van der Waals surface area contributed by atoms with Crippen molar-refractivity contribution in [2.24, 2.45) is 0 Å². The second kappa shape index (κ2) is 3.87. The summed E-state index contributed by atoms with van der Waals surface area (Å²) < 4.78 is 4.18. The number of hydrogen-bond donors (Lipinski definition) is 1. The molecule has 0 amide bonds. The maximum Gasteiger partial charge on any atom is 0.322 e. The summed E-state index contributed by atoms with van der Waals surface area (Å²) in [5, 5.41) is 16.3. The summed E-state index contributed by atoms with van der Waals surface area (Å²) in [6.07, 6.45) is -1.43. The van der Waals surface area contributed by atoms with Gasteiger partial charge in [0.1, 0.15) is 6.42 Å². The van der Waals surface area contributed by atoms with Crippen LogP contribution in [0.25, 0.3) is 0 Å². The summed E-state index contributed by atoms with van der Waals surface area (Å²) in [5.74, 6) is -0.701. The molecule has 0 aliphatic heterocycles. The topological polar surface area (TPSA) is 70.3 Å². The van der Waals surface area contributed by atoms with Crippen molar-refractivity contribution in [1.82, 2.24) is 0 Å². The number of esters is 1. The van der Waals surface area contributed by atoms with E-state index in [0.717, 1.165) is 0 Å². The number of aliphatic hydroxyl groups excluding tert-OH is 1. The molecule has 0 aliphatic carbocycles. The average Bonchev–Trinajstić information content (AvgIpc) is 1.63. The molecule has 0 radical (unpaired) electrons. The smallest absolute Gasteiger partial charge is 0.322 e. The molecule has 0 heterocycles. The van der Waals surface area contributed by atoms with Crippen LogP contribution in [0, 0.1) is 11.3 Å². The predicted octanol–water partition coefficient (Wildman–Crippen LogP) is -0.218. The van der Waals surface area contributed by atoms with E-state index in [4.69, 9.17) is 10.4 Å². The number of ether oxygens (including phenoxy) is 1. The molecular weight excluding hydrogens is 122 g/mol. The fourth-order valence-corrected chi connectivity index (χ4v) is 0.296. The summed E-state index contributed by atoms with van der Waals surface area (Å²) in [6, 6.07) is 1.59. The monoisotopic (exact) mass is 129 g/mol. The first-order valence-electron chi connectivity index (χ1n) is 2.41. The third-order valence-corrected chi connectivity index (χ3v) is 0.525. The highest BCUT2D eigenvalue weighted by molar-refractivity contribution is 5.71. The van der Waals surface area contributed by atoms with Crippen molar-refractivity contribution in [3.8, 4) is 6.07 Å². The molecule has 9 heavy (non-hydrogen) atoms. The van der Waals surface area contributed by atoms with Crippen LogP contribution in [0.4, 0.5) is 0 Å². The van der Waals surface area contributed by atoms with Gasteiger partial charge in [0.15, 0.2) is 6.29 Å². The highest BCUT2D eigenvalue weighted by atomic mass is 16.6. The largest absolute Gasteiger partial charge is 0.436 e. The van der Waals surface area contributed by atoms with Gasteiger partial charge in [0.05, 0.1) is 6.07 Å². The van der Waals surface area contributed by atoms with E-state index in [1.807, 2.05) is 0 Å². The Hall–Kier alpha value is -1.08. The Labute approximate surface area is 52.7 Å². The predicted molar refractivity (Wildman–Crippen MR) is 28.0 cm³/mol. The van der Waals surface area contributed by atoms with Crippen LogP contribution >= 0.6 is 0 Å². The van der Waals surface area contributed by atoms with Gasteiger partial charge in [-0.25, -0.2) is 0 Å². The molecule has 0 aromatic heterocycles. The van der Waals surface area contributed by atoms with Crippen molar-refractivity contribution in [1.29, 1.82) is 5.26 Å². The molecule has 0 rings (SSSR count). The lowest BCUT2D eigenvalue weighted by atomic mass is 10.5. The molecule has 0 spiro atoms. The number of nitrogens with zero attached hydrogens (tertiary/aromatic N) is 1. The van der Waals surface area contributed by atoms with Gasteiger partial charge in [-0.2, -0.15) is 5.26 Å². The molecular formula is C5H7NO3. The third-order valence-electron chi connectivity index (χ3n) is 0.525. The molecule has 1 unspecified atom stereocenters. The standard InChI is InChI=1S/C5H7NO3/c1-4(7)9-5(8)2-3-6/h4,7H,2H2,1H3. The first kappa shape index (κ1) is 7.92. The molecule has 0 saturated heterocycles. The molecule has 0 aromatic carbocycles. The second-order valence-corrected chi connectivity index (χ2v) is 1.42. The Balaban J connectivity index is 3.42. The number of carbonyl (C=O) groups is 1.